The van der Waals surface area contributed by atoms with Crippen molar-refractivity contribution < 1.29 is 14.7 Å². The number of nitrogens with two attached hydrogens (primary N) is 1. The van der Waals surface area contributed by atoms with Gasteiger partial charge >= 0.3 is 5.97 Å². The highest BCUT2D eigenvalue weighted by atomic mass is 16.4. The number of aliphatic carboxylic acids is 1. The lowest BCUT2D eigenvalue weighted by Gasteiger charge is -2.31. The zero-order valence-electron chi connectivity index (χ0n) is 17.9. The lowest BCUT2D eigenvalue weighted by molar-refractivity contribution is -0.137. The third-order valence-corrected chi connectivity index (χ3v) is 6.18. The number of hydrogen-bond acceptors (Lipinski definition) is 2. The molecule has 1 amide bonds. The van der Waals surface area contributed by atoms with E-state index in [0.717, 1.165) is 36.8 Å². The van der Waals surface area contributed by atoms with Crippen molar-refractivity contribution in [2.45, 2.75) is 58.8 Å². The van der Waals surface area contributed by atoms with Crippen LogP contribution in [0.3, 0.4) is 0 Å². The number of hydrogen-bond donors (Lipinski definition) is 2. The minimum Gasteiger partial charge on any atom is -0.481 e. The molecule has 3 N–H and O–H groups in total. The average Bonchev–Trinajstić information content (AvgIpc) is 2.69. The fourth-order valence-electron chi connectivity index (χ4n) is 4.57. The van der Waals surface area contributed by atoms with Crippen molar-refractivity contribution in [1.29, 1.82) is 0 Å². The first-order valence-corrected chi connectivity index (χ1v) is 10.7. The summed E-state index contributed by atoms with van der Waals surface area (Å²) in [5.41, 5.74) is 14.2. The number of allylic oxidation sites excluding steroid dienone is 1. The van der Waals surface area contributed by atoms with E-state index in [0.29, 0.717) is 12.3 Å². The van der Waals surface area contributed by atoms with Crippen LogP contribution in [0.4, 0.5) is 0 Å². The number of rotatable bonds is 9. The van der Waals surface area contributed by atoms with Crippen molar-refractivity contribution in [3.8, 4) is 0 Å². The molecule has 0 saturated heterocycles. The highest BCUT2D eigenvalue weighted by molar-refractivity contribution is 5.90. The monoisotopic (exact) mass is 405 g/mol. The van der Waals surface area contributed by atoms with Crippen molar-refractivity contribution in [3.05, 3.63) is 75.9 Å². The summed E-state index contributed by atoms with van der Waals surface area (Å²) in [5.74, 6) is -0.696. The number of carboxylic acid groups (broad SMARTS) is 1. The number of amides is 1. The number of aryl methyl sites for hydroxylation is 2. The quantitative estimate of drug-likeness (QED) is 0.585. The first-order valence-electron chi connectivity index (χ1n) is 10.7. The standard InChI is InChI=1S/C26H31NO3/c1-17-12-20(10-6-7-11-26(29)30)14-24-22(17)15-21(13-19-8-4-3-5-9-19)18(2)23(24)16-25(27)28/h3-5,8-9,12,14,21H,6-7,10-11,13,15-16H2,1-2H3,(H2,27,28)(H,29,30). The predicted octanol–water partition coefficient (Wildman–Crippen LogP) is 4.86. The molecule has 2 aromatic carbocycles. The molecule has 0 fully saturated rings. The summed E-state index contributed by atoms with van der Waals surface area (Å²) >= 11 is 0. The molecule has 4 heteroatoms. The molecule has 0 aromatic heterocycles. The largest absolute Gasteiger partial charge is 0.481 e. The molecular weight excluding hydrogens is 374 g/mol. The first-order chi connectivity index (χ1) is 14.3. The van der Waals surface area contributed by atoms with E-state index < -0.39 is 5.97 Å². The van der Waals surface area contributed by atoms with E-state index in [4.69, 9.17) is 10.8 Å². The molecular formula is C26H31NO3. The second-order valence-corrected chi connectivity index (χ2v) is 8.44. The molecule has 1 unspecified atom stereocenters. The minimum absolute atomic E-state index is 0.205. The van der Waals surface area contributed by atoms with Gasteiger partial charge in [0.25, 0.3) is 0 Å². The number of carbonyl (C=O) groups is 2. The second kappa shape index (κ2) is 9.75. The van der Waals surface area contributed by atoms with Gasteiger partial charge in [-0.05, 0) is 85.3 Å². The number of unbranched alkanes of at least 4 members (excludes halogenated alkanes) is 1. The highest BCUT2D eigenvalue weighted by Gasteiger charge is 2.27. The molecule has 158 valence electrons. The van der Waals surface area contributed by atoms with Gasteiger partial charge in [0.15, 0.2) is 0 Å². The first kappa shape index (κ1) is 21.8. The Bertz CT molecular complexity index is 960. The van der Waals surface area contributed by atoms with E-state index in [2.05, 4.69) is 50.2 Å². The van der Waals surface area contributed by atoms with Gasteiger partial charge in [0.1, 0.15) is 0 Å². The van der Waals surface area contributed by atoms with Crippen LogP contribution < -0.4 is 5.73 Å². The normalized spacial score (nSPS) is 15.7. The van der Waals surface area contributed by atoms with Crippen molar-refractivity contribution in [3.63, 3.8) is 0 Å². The van der Waals surface area contributed by atoms with Gasteiger partial charge in [0.2, 0.25) is 5.91 Å². The van der Waals surface area contributed by atoms with Gasteiger partial charge < -0.3 is 10.8 Å². The fraction of sp³-hybridized carbons (Fsp3) is 0.385. The number of fused-ring (bicyclic) bond motifs is 1. The second-order valence-electron chi connectivity index (χ2n) is 8.44. The van der Waals surface area contributed by atoms with Crippen LogP contribution >= 0.6 is 0 Å². The highest BCUT2D eigenvalue weighted by Crippen LogP contribution is 2.40. The zero-order chi connectivity index (χ0) is 21.7. The Kier molecular flexibility index (Phi) is 7.09. The van der Waals surface area contributed by atoms with E-state index in [-0.39, 0.29) is 18.7 Å². The van der Waals surface area contributed by atoms with Gasteiger partial charge in [0.05, 0.1) is 6.42 Å². The Morgan fingerprint density at radius 1 is 1.07 bits per heavy atom. The topological polar surface area (TPSA) is 80.4 Å². The van der Waals surface area contributed by atoms with Gasteiger partial charge in [-0.2, -0.15) is 0 Å². The average molecular weight is 406 g/mol. The smallest absolute Gasteiger partial charge is 0.303 e. The Morgan fingerprint density at radius 3 is 2.47 bits per heavy atom. The summed E-state index contributed by atoms with van der Waals surface area (Å²) in [4.78, 5) is 22.6. The van der Waals surface area contributed by atoms with E-state index in [1.807, 2.05) is 6.07 Å². The molecule has 1 aliphatic rings. The maximum atomic E-state index is 11.9. The Morgan fingerprint density at radius 2 is 1.80 bits per heavy atom. The number of carbonyl (C=O) groups excluding carboxylic acids is 1. The van der Waals surface area contributed by atoms with Crippen LogP contribution in [0.1, 0.15) is 60.4 Å². The lowest BCUT2D eigenvalue weighted by atomic mass is 9.74. The Balaban J connectivity index is 1.90. The van der Waals surface area contributed by atoms with E-state index >= 15 is 0 Å². The SMILES string of the molecule is CC1=C(CC(N)=O)c2cc(CCCCC(=O)O)cc(C)c2CC1Cc1ccccc1. The minimum atomic E-state index is -0.747. The van der Waals surface area contributed by atoms with Gasteiger partial charge in [-0.25, -0.2) is 0 Å². The fourth-order valence-corrected chi connectivity index (χ4v) is 4.57. The Labute approximate surface area is 178 Å². The summed E-state index contributed by atoms with van der Waals surface area (Å²) in [6.45, 7) is 4.28. The molecule has 0 radical (unpaired) electrons. The molecule has 0 aliphatic heterocycles. The summed E-state index contributed by atoms with van der Waals surface area (Å²) in [6.07, 6.45) is 4.73. The zero-order valence-corrected chi connectivity index (χ0v) is 17.9. The number of benzene rings is 2. The van der Waals surface area contributed by atoms with Crippen LogP contribution in [0.15, 0.2) is 48.0 Å². The van der Waals surface area contributed by atoms with Gasteiger partial charge in [-0.3, -0.25) is 9.59 Å². The van der Waals surface area contributed by atoms with E-state index in [1.165, 1.54) is 27.8 Å². The van der Waals surface area contributed by atoms with Crippen LogP contribution in [-0.4, -0.2) is 17.0 Å². The summed E-state index contributed by atoms with van der Waals surface area (Å²) < 4.78 is 0. The van der Waals surface area contributed by atoms with Crippen molar-refractivity contribution in [2.75, 3.05) is 0 Å². The van der Waals surface area contributed by atoms with Crippen LogP contribution in [0.25, 0.3) is 5.57 Å². The molecule has 3 rings (SSSR count). The van der Waals surface area contributed by atoms with Crippen LogP contribution in [-0.2, 0) is 28.9 Å². The van der Waals surface area contributed by atoms with Crippen LogP contribution in [0, 0.1) is 12.8 Å². The molecule has 0 bridgehead atoms. The van der Waals surface area contributed by atoms with Crippen LogP contribution in [0.2, 0.25) is 0 Å². The van der Waals surface area contributed by atoms with Crippen molar-refractivity contribution in [1.82, 2.24) is 0 Å². The maximum Gasteiger partial charge on any atom is 0.303 e. The Hall–Kier alpha value is -2.88. The molecule has 0 spiro atoms. The maximum absolute atomic E-state index is 11.9. The molecule has 1 aliphatic carbocycles. The lowest BCUT2D eigenvalue weighted by Crippen LogP contribution is -2.21. The van der Waals surface area contributed by atoms with Crippen molar-refractivity contribution >= 4 is 17.4 Å². The molecule has 1 atom stereocenters. The summed E-state index contributed by atoms with van der Waals surface area (Å²) in [5, 5.41) is 8.84. The predicted molar refractivity (Wildman–Crippen MR) is 120 cm³/mol. The summed E-state index contributed by atoms with van der Waals surface area (Å²) in [6, 6.07) is 14.9. The summed E-state index contributed by atoms with van der Waals surface area (Å²) in [7, 11) is 0. The molecule has 30 heavy (non-hydrogen) atoms. The third kappa shape index (κ3) is 5.38. The molecule has 4 nitrogen and oxygen atoms in total. The molecule has 0 heterocycles. The number of carboxylic acids is 1. The van der Waals surface area contributed by atoms with Gasteiger partial charge in [-0.1, -0.05) is 48.0 Å². The van der Waals surface area contributed by atoms with Gasteiger partial charge in [0, 0.05) is 6.42 Å². The molecule has 2 aromatic rings. The van der Waals surface area contributed by atoms with E-state index in [1.54, 1.807) is 0 Å². The number of primary amides is 1. The molecule has 0 saturated carbocycles. The van der Waals surface area contributed by atoms with Crippen LogP contribution in [0.5, 0.6) is 0 Å². The van der Waals surface area contributed by atoms with E-state index in [9.17, 15) is 9.59 Å². The van der Waals surface area contributed by atoms with Crippen molar-refractivity contribution in [2.24, 2.45) is 11.7 Å². The van der Waals surface area contributed by atoms with Gasteiger partial charge in [-0.15, -0.1) is 0 Å². The third-order valence-electron chi connectivity index (χ3n) is 6.18.